The summed E-state index contributed by atoms with van der Waals surface area (Å²) in [4.78, 5) is 31.4. The fraction of sp³-hybridized carbons (Fsp3) is 0.300. The lowest BCUT2D eigenvalue weighted by atomic mass is 10.2. The van der Waals surface area contributed by atoms with Gasteiger partial charge in [0.25, 0.3) is 5.56 Å². The van der Waals surface area contributed by atoms with Crippen molar-refractivity contribution < 1.29 is 9.21 Å². The largest absolute Gasteiger partial charge is 0.444 e. The summed E-state index contributed by atoms with van der Waals surface area (Å²) < 4.78 is 6.76. The Morgan fingerprint density at radius 3 is 2.83 bits per heavy atom. The first kappa shape index (κ1) is 19.3. The van der Waals surface area contributed by atoms with Crippen molar-refractivity contribution >= 4 is 44.1 Å². The number of H-pyrrole nitrogens is 1. The molecular weight excluding hydrogens is 390 g/mol. The molecule has 0 aliphatic carbocycles. The Kier molecular flexibility index (Phi) is 4.93. The van der Waals surface area contributed by atoms with Crippen molar-refractivity contribution in [2.45, 2.75) is 26.8 Å². The maximum Gasteiger partial charge on any atom is 0.277 e. The Morgan fingerprint density at radius 2 is 2.07 bits per heavy atom. The fourth-order valence-corrected chi connectivity index (χ4v) is 4.40. The van der Waals surface area contributed by atoms with E-state index in [1.165, 1.54) is 0 Å². The van der Waals surface area contributed by atoms with Crippen molar-refractivity contribution in [3.8, 4) is 0 Å². The highest BCUT2D eigenvalue weighted by Gasteiger charge is 2.22. The molecule has 4 rings (SSSR count). The molecule has 1 unspecified atom stereocenters. The van der Waals surface area contributed by atoms with Crippen LogP contribution in [0.3, 0.4) is 0 Å². The zero-order chi connectivity index (χ0) is 20.7. The molecule has 9 heteroatoms. The molecule has 0 aliphatic heterocycles. The molecule has 29 heavy (non-hydrogen) atoms. The second-order valence-corrected chi connectivity index (χ2v) is 8.10. The molecule has 0 saturated heterocycles. The third kappa shape index (κ3) is 3.54. The third-order valence-corrected chi connectivity index (χ3v) is 6.18. The topological polar surface area (TPSA) is 104 Å². The number of hydrogen-bond acceptors (Lipinski definition) is 7. The number of amides is 1. The first-order chi connectivity index (χ1) is 13.8. The summed E-state index contributed by atoms with van der Waals surface area (Å²) in [5.41, 5.74) is 1.20. The molecule has 0 bridgehead atoms. The van der Waals surface area contributed by atoms with Gasteiger partial charge in [0.15, 0.2) is 0 Å². The molecule has 1 aromatic carbocycles. The van der Waals surface area contributed by atoms with Crippen molar-refractivity contribution in [1.82, 2.24) is 20.1 Å². The van der Waals surface area contributed by atoms with E-state index in [0.717, 1.165) is 15.2 Å². The molecule has 0 radical (unpaired) electrons. The van der Waals surface area contributed by atoms with E-state index in [1.54, 1.807) is 25.2 Å². The number of hydrogen-bond donors (Lipinski definition) is 2. The van der Waals surface area contributed by atoms with Gasteiger partial charge in [0.1, 0.15) is 16.2 Å². The Bertz CT molecular complexity index is 1240. The number of nitrogens with one attached hydrogen (secondary N) is 2. The number of carbonyl (C=O) groups excluding carboxylic acids is 1. The number of para-hydroxylation sites is 1. The quantitative estimate of drug-likeness (QED) is 0.522. The molecule has 0 saturated carbocycles. The normalized spacial score (nSPS) is 12.7. The third-order valence-electron chi connectivity index (χ3n) is 4.97. The van der Waals surface area contributed by atoms with Crippen LogP contribution in [0.5, 0.6) is 0 Å². The lowest BCUT2D eigenvalue weighted by Gasteiger charge is -2.21. The molecule has 3 aromatic heterocycles. The lowest BCUT2D eigenvalue weighted by Crippen LogP contribution is -2.32. The van der Waals surface area contributed by atoms with Gasteiger partial charge in [-0.25, -0.2) is 10.1 Å². The molecule has 8 nitrogen and oxygen atoms in total. The monoisotopic (exact) mass is 411 g/mol. The van der Waals surface area contributed by atoms with Gasteiger partial charge in [-0.1, -0.05) is 12.1 Å². The smallest absolute Gasteiger partial charge is 0.277 e. The van der Waals surface area contributed by atoms with Crippen LogP contribution in [0.2, 0.25) is 0 Å². The molecule has 0 fully saturated rings. The summed E-state index contributed by atoms with van der Waals surface area (Å²) in [6.07, 6.45) is 0. The minimum absolute atomic E-state index is 0.0388. The highest BCUT2D eigenvalue weighted by atomic mass is 32.1. The molecule has 4 aromatic rings. The number of likely N-dealkylation sites (N-methyl/N-ethyl adjacent to an activating group) is 1. The van der Waals surface area contributed by atoms with Crippen molar-refractivity contribution in [3.05, 3.63) is 51.1 Å². The molecular formula is C20H21N5O3S. The SMILES string of the molecule is Cc1n[nH]c(=O)c2c(NC(=O)CN(C)C(C)c3nc4ccccc4s3)oc(C)c12. The summed E-state index contributed by atoms with van der Waals surface area (Å²) in [7, 11) is 1.86. The highest BCUT2D eigenvalue weighted by molar-refractivity contribution is 7.18. The van der Waals surface area contributed by atoms with Gasteiger partial charge in [-0.2, -0.15) is 5.10 Å². The van der Waals surface area contributed by atoms with Gasteiger partial charge in [-0.05, 0) is 40.0 Å². The number of aromatic nitrogens is 3. The lowest BCUT2D eigenvalue weighted by molar-refractivity contribution is -0.117. The number of thiazole rings is 1. The second kappa shape index (κ2) is 7.41. The zero-order valence-corrected chi connectivity index (χ0v) is 17.4. The van der Waals surface area contributed by atoms with Crippen molar-refractivity contribution in [1.29, 1.82) is 0 Å². The van der Waals surface area contributed by atoms with Crippen LogP contribution in [0.1, 0.15) is 29.4 Å². The Labute approximate surface area is 170 Å². The number of nitrogens with zero attached hydrogens (tertiary/aromatic N) is 3. The van der Waals surface area contributed by atoms with Crippen LogP contribution in [-0.4, -0.2) is 39.6 Å². The molecule has 1 amide bonds. The van der Waals surface area contributed by atoms with Gasteiger partial charge in [0, 0.05) is 0 Å². The van der Waals surface area contributed by atoms with Gasteiger partial charge in [0.05, 0.1) is 33.9 Å². The van der Waals surface area contributed by atoms with Crippen LogP contribution in [0, 0.1) is 13.8 Å². The van der Waals surface area contributed by atoms with Crippen LogP contribution in [0.25, 0.3) is 21.0 Å². The average molecular weight is 411 g/mol. The molecule has 150 valence electrons. The van der Waals surface area contributed by atoms with E-state index in [0.29, 0.717) is 22.2 Å². The van der Waals surface area contributed by atoms with Crippen LogP contribution >= 0.6 is 11.3 Å². The van der Waals surface area contributed by atoms with E-state index in [4.69, 9.17) is 4.42 Å². The van der Waals surface area contributed by atoms with E-state index in [-0.39, 0.29) is 24.4 Å². The first-order valence-electron chi connectivity index (χ1n) is 9.19. The summed E-state index contributed by atoms with van der Waals surface area (Å²) in [5, 5.41) is 11.0. The summed E-state index contributed by atoms with van der Waals surface area (Å²) in [5.74, 6) is 0.419. The first-order valence-corrected chi connectivity index (χ1v) is 10.0. The average Bonchev–Trinajstić information content (AvgIpc) is 3.25. The Hall–Kier alpha value is -3.04. The number of furan rings is 1. The number of rotatable bonds is 5. The van der Waals surface area contributed by atoms with Crippen LogP contribution in [-0.2, 0) is 4.79 Å². The van der Waals surface area contributed by atoms with E-state index < -0.39 is 5.56 Å². The minimum Gasteiger partial charge on any atom is -0.444 e. The summed E-state index contributed by atoms with van der Waals surface area (Å²) in [6, 6.07) is 7.92. The van der Waals surface area contributed by atoms with Gasteiger partial charge in [-0.15, -0.1) is 11.3 Å². The van der Waals surface area contributed by atoms with Crippen LogP contribution in [0.4, 0.5) is 5.88 Å². The molecule has 1 atom stereocenters. The number of benzene rings is 1. The van der Waals surface area contributed by atoms with Crippen molar-refractivity contribution in [2.75, 3.05) is 18.9 Å². The Balaban J connectivity index is 1.52. The highest BCUT2D eigenvalue weighted by Crippen LogP contribution is 2.30. The van der Waals surface area contributed by atoms with Crippen LogP contribution in [0.15, 0.2) is 33.5 Å². The van der Waals surface area contributed by atoms with Gasteiger partial charge < -0.3 is 4.42 Å². The standard InChI is InChI=1S/C20H21N5O3S/c1-10-16-12(3)28-19(17(16)18(27)24-23-10)22-15(26)9-25(4)11(2)20-21-13-7-5-6-8-14(13)29-20/h5-8,11H,9H2,1-4H3,(H,22,26)(H,24,27). The van der Waals surface area contributed by atoms with Gasteiger partial charge >= 0.3 is 0 Å². The number of anilines is 1. The van der Waals surface area contributed by atoms with Crippen molar-refractivity contribution in [3.63, 3.8) is 0 Å². The predicted octanol–water partition coefficient (Wildman–Crippen LogP) is 3.37. The van der Waals surface area contributed by atoms with Gasteiger partial charge in [0.2, 0.25) is 11.8 Å². The fourth-order valence-electron chi connectivity index (χ4n) is 3.32. The number of aromatic amines is 1. The number of fused-ring (bicyclic) bond motifs is 2. The summed E-state index contributed by atoms with van der Waals surface area (Å²) in [6.45, 7) is 5.66. The van der Waals surface area contributed by atoms with Crippen LogP contribution < -0.4 is 10.9 Å². The molecule has 2 N–H and O–H groups in total. The number of aryl methyl sites for hydroxylation is 2. The molecule has 0 spiro atoms. The second-order valence-electron chi connectivity index (χ2n) is 7.03. The minimum atomic E-state index is -0.394. The van der Waals surface area contributed by atoms with E-state index in [2.05, 4.69) is 20.5 Å². The maximum atomic E-state index is 12.6. The van der Waals surface area contributed by atoms with E-state index in [9.17, 15) is 9.59 Å². The number of carbonyl (C=O) groups is 1. The van der Waals surface area contributed by atoms with Gasteiger partial charge in [-0.3, -0.25) is 19.8 Å². The predicted molar refractivity (Wildman–Crippen MR) is 113 cm³/mol. The molecule has 0 aliphatic rings. The summed E-state index contributed by atoms with van der Waals surface area (Å²) >= 11 is 1.62. The van der Waals surface area contributed by atoms with E-state index >= 15 is 0 Å². The zero-order valence-electron chi connectivity index (χ0n) is 16.6. The van der Waals surface area contributed by atoms with E-state index in [1.807, 2.05) is 43.1 Å². The maximum absolute atomic E-state index is 12.6. The van der Waals surface area contributed by atoms with Crippen molar-refractivity contribution in [2.24, 2.45) is 0 Å². The Morgan fingerprint density at radius 1 is 1.31 bits per heavy atom. The molecule has 3 heterocycles.